The number of hydrogen-bond donors (Lipinski definition) is 1. The summed E-state index contributed by atoms with van der Waals surface area (Å²) in [5.74, 6) is 0.561. The Labute approximate surface area is 110 Å². The summed E-state index contributed by atoms with van der Waals surface area (Å²) in [6.07, 6.45) is 3.51. The van der Waals surface area contributed by atoms with Gasteiger partial charge in [0.2, 0.25) is 0 Å². The molecule has 0 aliphatic heterocycles. The molecule has 0 saturated carbocycles. The van der Waals surface area contributed by atoms with Crippen LogP contribution in [0.5, 0.6) is 0 Å². The summed E-state index contributed by atoms with van der Waals surface area (Å²) < 4.78 is 9.33. The van der Waals surface area contributed by atoms with Crippen molar-refractivity contribution in [3.8, 4) is 11.1 Å². The number of anilines is 2. The Bertz CT molecular complexity index is 500. The van der Waals surface area contributed by atoms with E-state index in [9.17, 15) is 0 Å². The van der Waals surface area contributed by atoms with Crippen LogP contribution in [0.2, 0.25) is 0 Å². The van der Waals surface area contributed by atoms with Crippen LogP contribution in [0.1, 0.15) is 0 Å². The Balaban J connectivity index is 2.33. The minimum Gasteiger partial charge on any atom is -0.383 e. The first-order chi connectivity index (χ1) is 8.74. The third-order valence-electron chi connectivity index (χ3n) is 2.65. The van der Waals surface area contributed by atoms with Gasteiger partial charge in [0.25, 0.3) is 0 Å². The summed E-state index contributed by atoms with van der Waals surface area (Å²) in [6, 6.07) is 3.88. The van der Waals surface area contributed by atoms with E-state index in [0.29, 0.717) is 12.4 Å². The SMILES string of the molecule is COCCN(C)c1snc(N)c1-c1ccncc1. The second-order valence-corrected chi connectivity index (χ2v) is 4.65. The van der Waals surface area contributed by atoms with Crippen LogP contribution in [0.25, 0.3) is 11.1 Å². The lowest BCUT2D eigenvalue weighted by atomic mass is 10.1. The van der Waals surface area contributed by atoms with Gasteiger partial charge < -0.3 is 15.4 Å². The van der Waals surface area contributed by atoms with Crippen LogP contribution in [0.15, 0.2) is 24.5 Å². The topological polar surface area (TPSA) is 64.3 Å². The van der Waals surface area contributed by atoms with Crippen LogP contribution in [0, 0.1) is 0 Å². The van der Waals surface area contributed by atoms with E-state index in [0.717, 1.165) is 22.7 Å². The fourth-order valence-electron chi connectivity index (χ4n) is 1.67. The molecule has 0 amide bonds. The van der Waals surface area contributed by atoms with Crippen LogP contribution < -0.4 is 10.6 Å². The molecule has 0 radical (unpaired) electrons. The molecule has 0 spiro atoms. The highest BCUT2D eigenvalue weighted by molar-refractivity contribution is 7.11. The summed E-state index contributed by atoms with van der Waals surface area (Å²) in [4.78, 5) is 6.12. The number of ether oxygens (including phenoxy) is 1. The predicted molar refractivity (Wildman–Crippen MR) is 74.9 cm³/mol. The summed E-state index contributed by atoms with van der Waals surface area (Å²) in [5, 5.41) is 1.05. The fraction of sp³-hybridized carbons (Fsp3) is 0.333. The molecule has 0 unspecified atom stereocenters. The molecule has 2 N–H and O–H groups in total. The molecular weight excluding hydrogens is 248 g/mol. The predicted octanol–water partition coefficient (Wildman–Crippen LogP) is 1.87. The molecule has 0 atom stereocenters. The third-order valence-corrected chi connectivity index (χ3v) is 3.62. The van der Waals surface area contributed by atoms with E-state index in [2.05, 4.69) is 14.3 Å². The van der Waals surface area contributed by atoms with E-state index in [1.165, 1.54) is 11.5 Å². The molecule has 2 rings (SSSR count). The van der Waals surface area contributed by atoms with Crippen LogP contribution in [-0.4, -0.2) is 36.7 Å². The minimum absolute atomic E-state index is 0.561. The lowest BCUT2D eigenvalue weighted by Gasteiger charge is -2.18. The largest absolute Gasteiger partial charge is 0.383 e. The maximum absolute atomic E-state index is 5.96. The standard InChI is InChI=1S/C12H16N4OS/c1-16(7-8-17-2)12-10(11(13)15-18-12)9-3-5-14-6-4-9/h3-6H,7-8H2,1-2H3,(H2,13,15). The second kappa shape index (κ2) is 5.79. The molecule has 0 saturated heterocycles. The van der Waals surface area contributed by atoms with Crippen LogP contribution in [0.4, 0.5) is 10.8 Å². The molecule has 0 aromatic carbocycles. The highest BCUT2D eigenvalue weighted by atomic mass is 32.1. The first-order valence-corrected chi connectivity index (χ1v) is 6.37. The number of aromatic nitrogens is 2. The van der Waals surface area contributed by atoms with Crippen molar-refractivity contribution in [3.63, 3.8) is 0 Å². The van der Waals surface area contributed by atoms with Crippen molar-refractivity contribution in [1.82, 2.24) is 9.36 Å². The lowest BCUT2D eigenvalue weighted by molar-refractivity contribution is 0.206. The summed E-state index contributed by atoms with van der Waals surface area (Å²) in [7, 11) is 3.70. The zero-order chi connectivity index (χ0) is 13.0. The number of nitrogen functional groups attached to an aromatic ring is 1. The number of nitrogens with two attached hydrogens (primary N) is 1. The van der Waals surface area contributed by atoms with Gasteiger partial charge in [-0.3, -0.25) is 4.98 Å². The Morgan fingerprint density at radius 1 is 1.39 bits per heavy atom. The van der Waals surface area contributed by atoms with Gasteiger partial charge in [0.05, 0.1) is 12.2 Å². The molecular formula is C12H16N4OS. The molecule has 18 heavy (non-hydrogen) atoms. The quantitative estimate of drug-likeness (QED) is 0.893. The van der Waals surface area contributed by atoms with E-state index in [-0.39, 0.29) is 0 Å². The Hall–Kier alpha value is -1.66. The number of rotatable bonds is 5. The van der Waals surface area contributed by atoms with Gasteiger partial charge in [-0.15, -0.1) is 0 Å². The number of likely N-dealkylation sites (N-methyl/N-ethyl adjacent to an activating group) is 1. The Morgan fingerprint density at radius 3 is 2.78 bits per heavy atom. The van der Waals surface area contributed by atoms with Crippen molar-refractivity contribution >= 4 is 22.4 Å². The van der Waals surface area contributed by atoms with Gasteiger partial charge in [-0.05, 0) is 29.2 Å². The van der Waals surface area contributed by atoms with Gasteiger partial charge in [-0.25, -0.2) is 0 Å². The first kappa shape index (κ1) is 12.8. The molecule has 5 nitrogen and oxygen atoms in total. The third kappa shape index (κ3) is 2.60. The van der Waals surface area contributed by atoms with Crippen molar-refractivity contribution in [2.45, 2.75) is 0 Å². The molecule has 0 aliphatic carbocycles. The van der Waals surface area contributed by atoms with Gasteiger partial charge in [-0.1, -0.05) is 0 Å². The van der Waals surface area contributed by atoms with Gasteiger partial charge in [0.1, 0.15) is 10.8 Å². The molecule has 0 fully saturated rings. The number of methoxy groups -OCH3 is 1. The highest BCUT2D eigenvalue weighted by Crippen LogP contribution is 2.38. The maximum atomic E-state index is 5.96. The molecule has 6 heteroatoms. The number of nitrogens with zero attached hydrogens (tertiary/aromatic N) is 3. The van der Waals surface area contributed by atoms with Gasteiger partial charge in [-0.2, -0.15) is 4.37 Å². The summed E-state index contributed by atoms with van der Waals surface area (Å²) in [5.41, 5.74) is 7.97. The van der Waals surface area contributed by atoms with Crippen molar-refractivity contribution < 1.29 is 4.74 Å². The molecule has 2 heterocycles. The van der Waals surface area contributed by atoms with Gasteiger partial charge >= 0.3 is 0 Å². The van der Waals surface area contributed by atoms with Crippen molar-refractivity contribution in [1.29, 1.82) is 0 Å². The van der Waals surface area contributed by atoms with Crippen molar-refractivity contribution in [3.05, 3.63) is 24.5 Å². The van der Waals surface area contributed by atoms with E-state index < -0.39 is 0 Å². The average molecular weight is 264 g/mol. The van der Waals surface area contributed by atoms with E-state index in [4.69, 9.17) is 10.5 Å². The lowest BCUT2D eigenvalue weighted by Crippen LogP contribution is -2.21. The monoisotopic (exact) mass is 264 g/mol. The van der Waals surface area contributed by atoms with Crippen LogP contribution in [0.3, 0.4) is 0 Å². The normalized spacial score (nSPS) is 10.6. The zero-order valence-corrected chi connectivity index (χ0v) is 11.3. The molecule has 96 valence electrons. The van der Waals surface area contributed by atoms with Crippen LogP contribution >= 0.6 is 11.5 Å². The van der Waals surface area contributed by atoms with E-state index >= 15 is 0 Å². The number of hydrogen-bond acceptors (Lipinski definition) is 6. The first-order valence-electron chi connectivity index (χ1n) is 5.59. The van der Waals surface area contributed by atoms with E-state index in [1.54, 1.807) is 19.5 Å². The Kier molecular flexibility index (Phi) is 4.11. The Morgan fingerprint density at radius 2 is 2.11 bits per heavy atom. The maximum Gasteiger partial charge on any atom is 0.147 e. The molecule has 2 aromatic rings. The van der Waals surface area contributed by atoms with Gasteiger partial charge in [0.15, 0.2) is 0 Å². The van der Waals surface area contributed by atoms with Gasteiger partial charge in [0, 0.05) is 33.1 Å². The summed E-state index contributed by atoms with van der Waals surface area (Å²) >= 11 is 1.40. The number of pyridine rings is 1. The van der Waals surface area contributed by atoms with Crippen LogP contribution in [-0.2, 0) is 4.74 Å². The minimum atomic E-state index is 0.561. The fourth-order valence-corrected chi connectivity index (χ4v) is 2.49. The molecule has 0 aliphatic rings. The highest BCUT2D eigenvalue weighted by Gasteiger charge is 2.16. The summed E-state index contributed by atoms with van der Waals surface area (Å²) in [6.45, 7) is 1.47. The van der Waals surface area contributed by atoms with Crippen molar-refractivity contribution in [2.24, 2.45) is 0 Å². The second-order valence-electron chi connectivity index (χ2n) is 3.90. The average Bonchev–Trinajstić information content (AvgIpc) is 2.79. The molecule has 2 aromatic heterocycles. The smallest absolute Gasteiger partial charge is 0.147 e. The zero-order valence-electron chi connectivity index (χ0n) is 10.5. The van der Waals surface area contributed by atoms with E-state index in [1.807, 2.05) is 19.2 Å². The molecule has 0 bridgehead atoms. The van der Waals surface area contributed by atoms with Crippen molar-refractivity contribution in [2.75, 3.05) is 37.9 Å².